The lowest BCUT2D eigenvalue weighted by atomic mass is 10.1. The maximum atomic E-state index is 6.01. The lowest BCUT2D eigenvalue weighted by Gasteiger charge is -2.20. The molecule has 1 aliphatic carbocycles. The van der Waals surface area contributed by atoms with Gasteiger partial charge in [0.05, 0.1) is 5.54 Å². The van der Waals surface area contributed by atoms with E-state index in [9.17, 15) is 0 Å². The van der Waals surface area contributed by atoms with Crippen molar-refractivity contribution in [1.82, 2.24) is 14.8 Å². The number of rotatable bonds is 3. The van der Waals surface area contributed by atoms with Crippen LogP contribution < -0.4 is 11.1 Å². The number of nitrogens with two attached hydrogens (primary N) is 1. The Morgan fingerprint density at radius 2 is 2.04 bits per heavy atom. The molecule has 0 fully saturated rings. The second-order valence-corrected chi connectivity index (χ2v) is 6.92. The molecule has 24 heavy (non-hydrogen) atoms. The lowest BCUT2D eigenvalue weighted by molar-refractivity contribution is 0.342. The van der Waals surface area contributed by atoms with Crippen LogP contribution in [0.15, 0.2) is 29.5 Å². The van der Waals surface area contributed by atoms with Gasteiger partial charge in [0.15, 0.2) is 5.96 Å². The van der Waals surface area contributed by atoms with Gasteiger partial charge in [-0.3, -0.25) is 0 Å². The zero-order chi connectivity index (χ0) is 16.4. The molecule has 0 unspecified atom stereocenters. The molecule has 0 radical (unpaired) electrons. The highest BCUT2D eigenvalue weighted by Crippen LogP contribution is 2.24. The average molecular weight is 440 g/mol. The van der Waals surface area contributed by atoms with E-state index in [2.05, 4.69) is 59.4 Å². The molecule has 3 rings (SSSR count). The first-order valence-electron chi connectivity index (χ1n) is 8.01. The van der Waals surface area contributed by atoms with Gasteiger partial charge in [0.1, 0.15) is 18.7 Å². The molecule has 1 aliphatic rings. The number of anilines is 1. The fraction of sp³-hybridized carbons (Fsp3) is 0.471. The SMILES string of the molecule is CC(C)(C)n1ncnc1CN=C(N)Nc1ccc2c(c1)CCC2.I. The Morgan fingerprint density at radius 3 is 2.79 bits per heavy atom. The van der Waals surface area contributed by atoms with Crippen molar-refractivity contribution in [3.63, 3.8) is 0 Å². The van der Waals surface area contributed by atoms with Gasteiger partial charge in [-0.25, -0.2) is 14.7 Å². The van der Waals surface area contributed by atoms with E-state index < -0.39 is 0 Å². The topological polar surface area (TPSA) is 81.1 Å². The minimum absolute atomic E-state index is 0. The molecule has 0 saturated carbocycles. The number of fused-ring (bicyclic) bond motifs is 1. The Morgan fingerprint density at radius 1 is 1.29 bits per heavy atom. The van der Waals surface area contributed by atoms with Crippen molar-refractivity contribution in [1.29, 1.82) is 0 Å². The number of benzene rings is 1. The minimum Gasteiger partial charge on any atom is -0.370 e. The Hall–Kier alpha value is -1.64. The molecule has 0 bridgehead atoms. The number of aliphatic imine (C=N–C) groups is 1. The van der Waals surface area contributed by atoms with Crippen molar-refractivity contribution >= 4 is 35.6 Å². The Bertz CT molecular complexity index is 729. The van der Waals surface area contributed by atoms with Gasteiger partial charge < -0.3 is 11.1 Å². The first-order chi connectivity index (χ1) is 10.9. The fourth-order valence-electron chi connectivity index (χ4n) is 2.93. The summed E-state index contributed by atoms with van der Waals surface area (Å²) in [6.45, 7) is 6.66. The number of hydrogen-bond acceptors (Lipinski definition) is 3. The molecule has 0 aliphatic heterocycles. The third kappa shape index (κ3) is 4.25. The largest absolute Gasteiger partial charge is 0.370 e. The molecule has 7 heteroatoms. The van der Waals surface area contributed by atoms with Gasteiger partial charge in [-0.05, 0) is 63.3 Å². The van der Waals surface area contributed by atoms with Crippen molar-refractivity contribution in [3.8, 4) is 0 Å². The molecule has 6 nitrogen and oxygen atoms in total. The number of halogens is 1. The van der Waals surface area contributed by atoms with Crippen molar-refractivity contribution in [2.75, 3.05) is 5.32 Å². The van der Waals surface area contributed by atoms with E-state index >= 15 is 0 Å². The fourth-order valence-corrected chi connectivity index (χ4v) is 2.93. The smallest absolute Gasteiger partial charge is 0.193 e. The Balaban J connectivity index is 0.00000208. The molecule has 0 atom stereocenters. The summed E-state index contributed by atoms with van der Waals surface area (Å²) in [7, 11) is 0. The van der Waals surface area contributed by atoms with E-state index in [4.69, 9.17) is 5.73 Å². The Labute approximate surface area is 160 Å². The summed E-state index contributed by atoms with van der Waals surface area (Å²) in [4.78, 5) is 8.66. The van der Waals surface area contributed by atoms with Gasteiger partial charge in [-0.1, -0.05) is 6.07 Å². The van der Waals surface area contributed by atoms with E-state index in [1.54, 1.807) is 6.33 Å². The second kappa shape index (κ2) is 7.50. The Kier molecular flexibility index (Phi) is 5.84. The highest BCUT2D eigenvalue weighted by molar-refractivity contribution is 14.0. The molecule has 130 valence electrons. The zero-order valence-corrected chi connectivity index (χ0v) is 16.7. The van der Waals surface area contributed by atoms with Crippen LogP contribution >= 0.6 is 24.0 Å². The first-order valence-corrected chi connectivity index (χ1v) is 8.01. The molecule has 2 aromatic rings. The van der Waals surface area contributed by atoms with Crippen LogP contribution in [0.2, 0.25) is 0 Å². The number of hydrogen-bond donors (Lipinski definition) is 2. The number of aromatic nitrogens is 3. The van der Waals surface area contributed by atoms with Crippen molar-refractivity contribution in [2.45, 2.75) is 52.1 Å². The van der Waals surface area contributed by atoms with Crippen LogP contribution in [-0.2, 0) is 24.9 Å². The van der Waals surface area contributed by atoms with Crippen molar-refractivity contribution in [3.05, 3.63) is 41.5 Å². The summed E-state index contributed by atoms with van der Waals surface area (Å²) in [5.41, 5.74) is 9.74. The van der Waals surface area contributed by atoms with Crippen LogP contribution in [0.3, 0.4) is 0 Å². The number of aryl methyl sites for hydroxylation is 2. The van der Waals surface area contributed by atoms with Gasteiger partial charge in [0, 0.05) is 5.69 Å². The average Bonchev–Trinajstić information content (AvgIpc) is 3.12. The third-order valence-electron chi connectivity index (χ3n) is 4.02. The third-order valence-corrected chi connectivity index (χ3v) is 4.02. The molecule has 0 saturated heterocycles. The molecule has 1 aromatic carbocycles. The van der Waals surface area contributed by atoms with Gasteiger partial charge in [-0.2, -0.15) is 5.10 Å². The monoisotopic (exact) mass is 440 g/mol. The van der Waals surface area contributed by atoms with Gasteiger partial charge in [0.25, 0.3) is 0 Å². The molecule has 1 heterocycles. The quantitative estimate of drug-likeness (QED) is 0.437. The molecular weight excluding hydrogens is 415 g/mol. The van der Waals surface area contributed by atoms with E-state index in [1.165, 1.54) is 24.0 Å². The predicted molar refractivity (Wildman–Crippen MR) is 108 cm³/mol. The van der Waals surface area contributed by atoms with Gasteiger partial charge in [-0.15, -0.1) is 24.0 Å². The van der Waals surface area contributed by atoms with Gasteiger partial charge >= 0.3 is 0 Å². The number of guanidine groups is 1. The maximum absolute atomic E-state index is 6.01. The molecule has 0 spiro atoms. The standard InChI is InChI=1S/C17H24N6.HI/c1-17(2,3)23-15(20-11-21-23)10-19-16(18)22-14-8-7-12-5-4-6-13(12)9-14;/h7-9,11H,4-6,10H2,1-3H3,(H3,18,19,22);1H. The summed E-state index contributed by atoms with van der Waals surface area (Å²) >= 11 is 0. The lowest BCUT2D eigenvalue weighted by Crippen LogP contribution is -2.26. The van der Waals surface area contributed by atoms with Gasteiger partial charge in [0.2, 0.25) is 0 Å². The van der Waals surface area contributed by atoms with Crippen LogP contribution in [0, 0.1) is 0 Å². The zero-order valence-electron chi connectivity index (χ0n) is 14.4. The predicted octanol–water partition coefficient (Wildman–Crippen LogP) is 3.07. The summed E-state index contributed by atoms with van der Waals surface area (Å²) in [6, 6.07) is 6.40. The second-order valence-electron chi connectivity index (χ2n) is 6.92. The summed E-state index contributed by atoms with van der Waals surface area (Å²) < 4.78 is 1.87. The maximum Gasteiger partial charge on any atom is 0.193 e. The van der Waals surface area contributed by atoms with E-state index in [-0.39, 0.29) is 29.5 Å². The number of nitrogens with one attached hydrogen (secondary N) is 1. The summed E-state index contributed by atoms with van der Waals surface area (Å²) in [5.74, 6) is 1.20. The minimum atomic E-state index is -0.121. The normalized spacial score (nSPS) is 14.2. The highest BCUT2D eigenvalue weighted by Gasteiger charge is 2.18. The van der Waals surface area contributed by atoms with Crippen LogP contribution in [0.4, 0.5) is 5.69 Å². The van der Waals surface area contributed by atoms with E-state index in [0.29, 0.717) is 12.5 Å². The van der Waals surface area contributed by atoms with Crippen LogP contribution in [0.25, 0.3) is 0 Å². The number of nitrogens with zero attached hydrogens (tertiary/aromatic N) is 4. The van der Waals surface area contributed by atoms with Crippen LogP contribution in [0.1, 0.15) is 44.1 Å². The summed E-state index contributed by atoms with van der Waals surface area (Å²) in [5, 5.41) is 7.43. The van der Waals surface area contributed by atoms with Crippen molar-refractivity contribution < 1.29 is 0 Å². The first kappa shape index (κ1) is 18.7. The van der Waals surface area contributed by atoms with E-state index in [0.717, 1.165) is 17.9 Å². The molecular formula is C17H25IN6. The highest BCUT2D eigenvalue weighted by atomic mass is 127. The molecule has 1 aromatic heterocycles. The van der Waals surface area contributed by atoms with Crippen molar-refractivity contribution in [2.24, 2.45) is 10.7 Å². The summed E-state index contributed by atoms with van der Waals surface area (Å²) in [6.07, 6.45) is 5.13. The molecule has 3 N–H and O–H groups in total. The van der Waals surface area contributed by atoms with Crippen LogP contribution in [-0.4, -0.2) is 20.7 Å². The molecule has 0 amide bonds. The van der Waals surface area contributed by atoms with Crippen LogP contribution in [0.5, 0.6) is 0 Å². The van der Waals surface area contributed by atoms with E-state index in [1.807, 2.05) is 4.68 Å².